The zero-order valence-electron chi connectivity index (χ0n) is 11.7. The van der Waals surface area contributed by atoms with Crippen molar-refractivity contribution in [3.63, 3.8) is 0 Å². The van der Waals surface area contributed by atoms with Crippen LogP contribution in [0.1, 0.15) is 19.5 Å². The summed E-state index contributed by atoms with van der Waals surface area (Å²) < 4.78 is 9.54. The summed E-state index contributed by atoms with van der Waals surface area (Å²) >= 11 is 1.25. The number of anilines is 1. The van der Waals surface area contributed by atoms with Gasteiger partial charge in [0.15, 0.2) is 10.7 Å². The van der Waals surface area contributed by atoms with E-state index in [0.717, 1.165) is 0 Å². The van der Waals surface area contributed by atoms with E-state index in [1.54, 1.807) is 25.3 Å². The standard InChI is InChI=1S/C13H15N3O4S/c1-3-19-11(17)5-10-8-21-13(16-10)15-7-9(6-14)12(18)20-4-2/h7-8H,3-5H2,1-2H3,(H,15,16)/b9-7+. The number of nitrogens with zero attached hydrogens (tertiary/aromatic N) is 2. The Morgan fingerprint density at radius 2 is 2.14 bits per heavy atom. The average Bonchev–Trinajstić information content (AvgIpc) is 2.87. The van der Waals surface area contributed by atoms with Crippen LogP contribution in [-0.4, -0.2) is 30.1 Å². The van der Waals surface area contributed by atoms with Gasteiger partial charge in [0.05, 0.1) is 25.3 Å². The van der Waals surface area contributed by atoms with Crippen molar-refractivity contribution in [3.8, 4) is 6.07 Å². The highest BCUT2D eigenvalue weighted by Crippen LogP contribution is 2.16. The molecule has 0 unspecified atom stereocenters. The Balaban J connectivity index is 2.63. The molecule has 0 saturated carbocycles. The van der Waals surface area contributed by atoms with Crippen LogP contribution in [0.3, 0.4) is 0 Å². The number of thiazole rings is 1. The quantitative estimate of drug-likeness (QED) is 0.464. The van der Waals surface area contributed by atoms with Gasteiger partial charge in [0.1, 0.15) is 6.07 Å². The zero-order valence-corrected chi connectivity index (χ0v) is 12.5. The molecule has 0 aliphatic rings. The maximum Gasteiger partial charge on any atom is 0.350 e. The normalized spacial score (nSPS) is 10.6. The van der Waals surface area contributed by atoms with E-state index in [2.05, 4.69) is 10.3 Å². The fourth-order valence-electron chi connectivity index (χ4n) is 1.29. The zero-order chi connectivity index (χ0) is 15.7. The lowest BCUT2D eigenvalue weighted by Crippen LogP contribution is -2.08. The predicted octanol–water partition coefficient (Wildman–Crippen LogP) is 1.63. The molecule has 1 rings (SSSR count). The monoisotopic (exact) mass is 309 g/mol. The van der Waals surface area contributed by atoms with Gasteiger partial charge in [0.25, 0.3) is 0 Å². The lowest BCUT2D eigenvalue weighted by molar-refractivity contribution is -0.142. The van der Waals surface area contributed by atoms with Crippen LogP contribution in [0.25, 0.3) is 0 Å². The molecule has 1 heterocycles. The van der Waals surface area contributed by atoms with E-state index >= 15 is 0 Å². The summed E-state index contributed by atoms with van der Waals surface area (Å²) in [4.78, 5) is 26.8. The van der Waals surface area contributed by atoms with Gasteiger partial charge in [-0.15, -0.1) is 11.3 Å². The fraction of sp³-hybridized carbons (Fsp3) is 0.385. The van der Waals surface area contributed by atoms with Crippen molar-refractivity contribution in [1.29, 1.82) is 5.26 Å². The van der Waals surface area contributed by atoms with Gasteiger partial charge in [-0.25, -0.2) is 9.78 Å². The topological polar surface area (TPSA) is 101 Å². The largest absolute Gasteiger partial charge is 0.466 e. The van der Waals surface area contributed by atoms with Gasteiger partial charge >= 0.3 is 11.9 Å². The number of nitrogens with one attached hydrogen (secondary N) is 1. The van der Waals surface area contributed by atoms with Gasteiger partial charge < -0.3 is 14.8 Å². The lowest BCUT2D eigenvalue weighted by Gasteiger charge is -2.00. The summed E-state index contributed by atoms with van der Waals surface area (Å²) in [5.74, 6) is -1.05. The third kappa shape index (κ3) is 5.62. The Labute approximate surface area is 126 Å². The van der Waals surface area contributed by atoms with Crippen molar-refractivity contribution in [2.24, 2.45) is 0 Å². The second-order valence-corrected chi connectivity index (χ2v) is 4.52. The number of carbonyl (C=O) groups is 2. The second kappa shape index (κ2) is 8.71. The minimum atomic E-state index is -0.698. The molecule has 1 aromatic heterocycles. The summed E-state index contributed by atoms with van der Waals surface area (Å²) in [5.41, 5.74) is 0.406. The molecule has 0 spiro atoms. The highest BCUT2D eigenvalue weighted by atomic mass is 32.1. The summed E-state index contributed by atoms with van der Waals surface area (Å²) in [6.07, 6.45) is 1.31. The molecule has 0 aliphatic heterocycles. The van der Waals surface area contributed by atoms with Gasteiger partial charge in [-0.05, 0) is 13.8 Å². The molecule has 0 bridgehead atoms. The van der Waals surface area contributed by atoms with Gasteiger partial charge in [-0.2, -0.15) is 5.26 Å². The summed E-state index contributed by atoms with van der Waals surface area (Å²) in [6, 6.07) is 1.74. The van der Waals surface area contributed by atoms with Crippen molar-refractivity contribution in [3.05, 3.63) is 22.8 Å². The molecule has 0 atom stereocenters. The maximum absolute atomic E-state index is 11.4. The molecule has 0 saturated heterocycles. The van der Waals surface area contributed by atoms with Crippen LogP contribution < -0.4 is 5.32 Å². The van der Waals surface area contributed by atoms with E-state index in [1.165, 1.54) is 17.5 Å². The third-order valence-corrected chi connectivity index (χ3v) is 2.96. The number of aromatic nitrogens is 1. The van der Waals surface area contributed by atoms with Crippen molar-refractivity contribution in [1.82, 2.24) is 4.98 Å². The van der Waals surface area contributed by atoms with Crippen LogP contribution >= 0.6 is 11.3 Å². The van der Waals surface area contributed by atoms with Gasteiger partial charge in [0.2, 0.25) is 0 Å². The lowest BCUT2D eigenvalue weighted by atomic mass is 10.3. The van der Waals surface area contributed by atoms with Crippen LogP contribution in [0.15, 0.2) is 17.2 Å². The maximum atomic E-state index is 11.4. The molecule has 1 aromatic rings. The first-order chi connectivity index (χ1) is 10.1. The predicted molar refractivity (Wildman–Crippen MR) is 76.4 cm³/mol. The Hall–Kier alpha value is -2.40. The minimum absolute atomic E-state index is 0.0821. The Morgan fingerprint density at radius 1 is 1.43 bits per heavy atom. The molecule has 21 heavy (non-hydrogen) atoms. The molecule has 7 nitrogen and oxygen atoms in total. The van der Waals surface area contributed by atoms with E-state index in [4.69, 9.17) is 14.7 Å². The van der Waals surface area contributed by atoms with Crippen molar-refractivity contribution in [2.75, 3.05) is 18.5 Å². The van der Waals surface area contributed by atoms with Gasteiger partial charge in [-0.3, -0.25) is 4.79 Å². The van der Waals surface area contributed by atoms with Gasteiger partial charge in [-0.1, -0.05) is 0 Å². The number of carbonyl (C=O) groups excluding carboxylic acids is 2. The van der Waals surface area contributed by atoms with Crippen LogP contribution in [-0.2, 0) is 25.5 Å². The van der Waals surface area contributed by atoms with E-state index in [-0.39, 0.29) is 24.6 Å². The fourth-order valence-corrected chi connectivity index (χ4v) is 1.97. The molecule has 8 heteroatoms. The number of hydrogen-bond acceptors (Lipinski definition) is 8. The number of nitriles is 1. The van der Waals surface area contributed by atoms with Crippen LogP contribution in [0.2, 0.25) is 0 Å². The van der Waals surface area contributed by atoms with E-state index in [0.29, 0.717) is 17.4 Å². The number of ether oxygens (including phenoxy) is 2. The van der Waals surface area contributed by atoms with E-state index in [1.807, 2.05) is 0 Å². The smallest absolute Gasteiger partial charge is 0.350 e. The average molecular weight is 309 g/mol. The Morgan fingerprint density at radius 3 is 2.76 bits per heavy atom. The van der Waals surface area contributed by atoms with E-state index < -0.39 is 5.97 Å². The molecular weight excluding hydrogens is 294 g/mol. The Kier molecular flexibility index (Phi) is 6.91. The first kappa shape index (κ1) is 16.7. The number of esters is 2. The molecular formula is C13H15N3O4S. The molecule has 0 radical (unpaired) electrons. The van der Waals surface area contributed by atoms with Crippen LogP contribution in [0, 0.1) is 11.3 Å². The molecule has 0 aromatic carbocycles. The summed E-state index contributed by atoms with van der Waals surface area (Å²) in [7, 11) is 0. The van der Waals surface area contributed by atoms with Crippen molar-refractivity contribution < 1.29 is 19.1 Å². The molecule has 1 N–H and O–H groups in total. The van der Waals surface area contributed by atoms with E-state index in [9.17, 15) is 9.59 Å². The summed E-state index contributed by atoms with van der Waals surface area (Å²) in [6.45, 7) is 3.90. The molecule has 112 valence electrons. The van der Waals surface area contributed by atoms with Gasteiger partial charge in [0, 0.05) is 11.6 Å². The SMILES string of the molecule is CCOC(=O)Cc1csc(N/C=C(\C#N)C(=O)OCC)n1. The third-order valence-electron chi connectivity index (χ3n) is 2.14. The van der Waals surface area contributed by atoms with Crippen LogP contribution in [0.5, 0.6) is 0 Å². The molecule has 0 aliphatic carbocycles. The number of rotatable bonds is 7. The van der Waals surface area contributed by atoms with Crippen molar-refractivity contribution >= 4 is 28.4 Å². The van der Waals surface area contributed by atoms with Crippen LogP contribution in [0.4, 0.5) is 5.13 Å². The highest BCUT2D eigenvalue weighted by Gasteiger charge is 2.11. The second-order valence-electron chi connectivity index (χ2n) is 3.66. The van der Waals surface area contributed by atoms with Crippen molar-refractivity contribution in [2.45, 2.75) is 20.3 Å². The number of hydrogen-bond donors (Lipinski definition) is 1. The Bertz CT molecular complexity index is 574. The summed E-state index contributed by atoms with van der Waals surface area (Å²) in [5, 5.41) is 13.7. The molecule has 0 amide bonds. The molecule has 0 fully saturated rings. The highest BCUT2D eigenvalue weighted by molar-refractivity contribution is 7.13. The first-order valence-corrected chi connectivity index (χ1v) is 7.12. The first-order valence-electron chi connectivity index (χ1n) is 6.24. The minimum Gasteiger partial charge on any atom is -0.466 e.